The summed E-state index contributed by atoms with van der Waals surface area (Å²) in [7, 11) is 1.15. The number of hydrogen-bond acceptors (Lipinski definition) is 0. The van der Waals surface area contributed by atoms with E-state index in [4.69, 9.17) is 0 Å². The summed E-state index contributed by atoms with van der Waals surface area (Å²) in [4.78, 5) is 0. The molecule has 0 aliphatic carbocycles. The highest BCUT2D eigenvalue weighted by molar-refractivity contribution is 6.53. The molecule has 1 aromatic carbocycles. The molecule has 0 atom stereocenters. The van der Waals surface area contributed by atoms with Crippen molar-refractivity contribution in [3.05, 3.63) is 27.8 Å². The molecule has 0 nitrogen and oxygen atoms in total. The van der Waals surface area contributed by atoms with Crippen LogP contribution >= 0.6 is 0 Å². The first-order valence-electron chi connectivity index (χ1n) is 5.06. The smallest absolute Gasteiger partial charge is 0.0849 e. The lowest BCUT2D eigenvalue weighted by atomic mass is 9.66. The van der Waals surface area contributed by atoms with E-state index in [1.54, 1.807) is 5.46 Å². The van der Waals surface area contributed by atoms with Gasteiger partial charge >= 0.3 is 0 Å². The highest BCUT2D eigenvalue weighted by Gasteiger charge is 2.10. The topological polar surface area (TPSA) is 0 Å². The summed E-state index contributed by atoms with van der Waals surface area (Å²) in [6.45, 7) is 13.4. The van der Waals surface area contributed by atoms with Crippen molar-refractivity contribution in [1.29, 1.82) is 0 Å². The van der Waals surface area contributed by atoms with Gasteiger partial charge in [-0.05, 0) is 51.3 Å². The summed E-state index contributed by atoms with van der Waals surface area (Å²) in [5, 5.41) is 0. The van der Waals surface area contributed by atoms with Gasteiger partial charge in [-0.2, -0.15) is 0 Å². The zero-order valence-corrected chi connectivity index (χ0v) is 9.71. The molecule has 0 fully saturated rings. The molecule has 0 aliphatic rings. The van der Waals surface area contributed by atoms with Crippen LogP contribution in [0.1, 0.15) is 27.8 Å². The van der Waals surface area contributed by atoms with Crippen LogP contribution in [0.15, 0.2) is 0 Å². The molecule has 0 aromatic heterocycles. The van der Waals surface area contributed by atoms with Gasteiger partial charge < -0.3 is 0 Å². The molecule has 0 amide bonds. The Kier molecular flexibility index (Phi) is 2.85. The third kappa shape index (κ3) is 1.52. The van der Waals surface area contributed by atoms with Crippen LogP contribution in [0.25, 0.3) is 0 Å². The number of hydrogen-bond donors (Lipinski definition) is 0. The summed E-state index contributed by atoms with van der Waals surface area (Å²) in [5.41, 5.74) is 8.93. The van der Waals surface area contributed by atoms with Crippen LogP contribution < -0.4 is 5.46 Å². The van der Waals surface area contributed by atoms with E-state index in [1.807, 2.05) is 0 Å². The Balaban J connectivity index is 3.56. The molecule has 70 valence electrons. The van der Waals surface area contributed by atoms with E-state index < -0.39 is 0 Å². The van der Waals surface area contributed by atoms with Gasteiger partial charge in [0.05, 0.1) is 0 Å². The predicted octanol–water partition coefficient (Wildman–Crippen LogP) is 2.34. The van der Waals surface area contributed by atoms with Crippen LogP contribution in [0.2, 0.25) is 6.82 Å². The summed E-state index contributed by atoms with van der Waals surface area (Å²) in [6.07, 6.45) is 0. The monoisotopic (exact) mass is 174 g/mol. The van der Waals surface area contributed by atoms with Gasteiger partial charge in [0, 0.05) is 0 Å². The standard InChI is InChI=1S/C12H19B/c1-7-8(2)10(4)12(13-6)11(5)9(7)3/h13H,1-6H3. The highest BCUT2D eigenvalue weighted by Crippen LogP contribution is 2.18. The zero-order valence-electron chi connectivity index (χ0n) is 9.71. The summed E-state index contributed by atoms with van der Waals surface area (Å²) < 4.78 is 0. The molecule has 0 unspecified atom stereocenters. The minimum atomic E-state index is 1.15. The lowest BCUT2D eigenvalue weighted by Gasteiger charge is -2.17. The van der Waals surface area contributed by atoms with Crippen LogP contribution in [0.5, 0.6) is 0 Å². The molecule has 0 radical (unpaired) electrons. The molecule has 0 N–H and O–H groups in total. The van der Waals surface area contributed by atoms with Crippen molar-refractivity contribution in [3.8, 4) is 0 Å². The summed E-state index contributed by atoms with van der Waals surface area (Å²) in [6, 6.07) is 0. The average molecular weight is 174 g/mol. The van der Waals surface area contributed by atoms with Gasteiger partial charge in [-0.1, -0.05) is 23.4 Å². The first-order chi connectivity index (χ1) is 6.00. The Morgan fingerprint density at radius 2 is 0.923 bits per heavy atom. The molecule has 1 rings (SSSR count). The third-order valence-electron chi connectivity index (χ3n) is 3.51. The van der Waals surface area contributed by atoms with Crippen molar-refractivity contribution in [2.75, 3.05) is 0 Å². The highest BCUT2D eigenvalue weighted by atomic mass is 14.1. The first-order valence-corrected chi connectivity index (χ1v) is 5.06. The van der Waals surface area contributed by atoms with Gasteiger partial charge in [-0.25, -0.2) is 0 Å². The van der Waals surface area contributed by atoms with Crippen molar-refractivity contribution in [1.82, 2.24) is 0 Å². The van der Waals surface area contributed by atoms with E-state index >= 15 is 0 Å². The van der Waals surface area contributed by atoms with Crippen molar-refractivity contribution in [2.45, 2.75) is 41.4 Å². The number of benzene rings is 1. The second kappa shape index (κ2) is 3.57. The fourth-order valence-corrected chi connectivity index (χ4v) is 2.11. The van der Waals surface area contributed by atoms with Crippen molar-refractivity contribution in [3.63, 3.8) is 0 Å². The molecule has 0 saturated carbocycles. The summed E-state index contributed by atoms with van der Waals surface area (Å²) >= 11 is 0. The maximum atomic E-state index is 2.24. The van der Waals surface area contributed by atoms with E-state index in [2.05, 4.69) is 41.4 Å². The molecule has 1 aromatic rings. The van der Waals surface area contributed by atoms with Crippen molar-refractivity contribution >= 4 is 12.7 Å². The molecule has 1 heteroatoms. The normalized spacial score (nSPS) is 10.3. The van der Waals surface area contributed by atoms with Crippen LogP contribution in [0.3, 0.4) is 0 Å². The van der Waals surface area contributed by atoms with E-state index in [9.17, 15) is 0 Å². The Morgan fingerprint density at radius 1 is 0.615 bits per heavy atom. The van der Waals surface area contributed by atoms with Crippen LogP contribution in [0, 0.1) is 34.6 Å². The van der Waals surface area contributed by atoms with E-state index in [0.717, 1.165) is 7.28 Å². The van der Waals surface area contributed by atoms with Gasteiger partial charge in [0.2, 0.25) is 0 Å². The maximum absolute atomic E-state index is 2.24. The summed E-state index contributed by atoms with van der Waals surface area (Å²) in [5.74, 6) is 0. The molecule has 0 saturated heterocycles. The van der Waals surface area contributed by atoms with Crippen LogP contribution in [-0.4, -0.2) is 7.28 Å². The Morgan fingerprint density at radius 3 is 1.23 bits per heavy atom. The average Bonchev–Trinajstić information content (AvgIpc) is 2.13. The minimum absolute atomic E-state index is 1.15. The quantitative estimate of drug-likeness (QED) is 0.573. The molecule has 13 heavy (non-hydrogen) atoms. The van der Waals surface area contributed by atoms with Crippen LogP contribution in [-0.2, 0) is 0 Å². The van der Waals surface area contributed by atoms with E-state index in [0.29, 0.717) is 0 Å². The molecule has 0 bridgehead atoms. The van der Waals surface area contributed by atoms with Gasteiger partial charge in [0.15, 0.2) is 7.28 Å². The molecule has 0 heterocycles. The van der Waals surface area contributed by atoms with Crippen LogP contribution in [0.4, 0.5) is 0 Å². The SMILES string of the molecule is CBc1c(C)c(C)c(C)c(C)c1C. The third-order valence-corrected chi connectivity index (χ3v) is 3.51. The first kappa shape index (κ1) is 10.4. The fraction of sp³-hybridized carbons (Fsp3) is 0.500. The van der Waals surface area contributed by atoms with Crippen molar-refractivity contribution in [2.24, 2.45) is 0 Å². The second-order valence-electron chi connectivity index (χ2n) is 3.96. The van der Waals surface area contributed by atoms with Crippen molar-refractivity contribution < 1.29 is 0 Å². The fourth-order valence-electron chi connectivity index (χ4n) is 2.11. The molecular weight excluding hydrogens is 155 g/mol. The minimum Gasteiger partial charge on any atom is -0.0849 e. The molecular formula is C12H19B. The lowest BCUT2D eigenvalue weighted by molar-refractivity contribution is 1.19. The van der Waals surface area contributed by atoms with Gasteiger partial charge in [-0.3, -0.25) is 0 Å². The van der Waals surface area contributed by atoms with Gasteiger partial charge in [0.1, 0.15) is 0 Å². The molecule has 0 aliphatic heterocycles. The zero-order chi connectivity index (χ0) is 10.2. The largest absolute Gasteiger partial charge is 0.155 e. The lowest BCUT2D eigenvalue weighted by Crippen LogP contribution is -2.22. The maximum Gasteiger partial charge on any atom is 0.155 e. The second-order valence-corrected chi connectivity index (χ2v) is 3.96. The Hall–Kier alpha value is -0.715. The van der Waals surface area contributed by atoms with Gasteiger partial charge in [-0.15, -0.1) is 0 Å². The Bertz CT molecular complexity index is 308. The Labute approximate surface area is 82.6 Å². The predicted molar refractivity (Wildman–Crippen MR) is 62.8 cm³/mol. The van der Waals surface area contributed by atoms with E-state index in [-0.39, 0.29) is 0 Å². The number of rotatable bonds is 1. The molecule has 0 spiro atoms. The van der Waals surface area contributed by atoms with E-state index in [1.165, 1.54) is 27.8 Å². The van der Waals surface area contributed by atoms with Gasteiger partial charge in [0.25, 0.3) is 0 Å².